The zero-order chi connectivity index (χ0) is 10.7. The second-order valence-corrected chi connectivity index (χ2v) is 3.68. The van der Waals surface area contributed by atoms with Crippen molar-refractivity contribution in [1.82, 2.24) is 0 Å². The first-order valence-corrected chi connectivity index (χ1v) is 5.32. The first-order chi connectivity index (χ1) is 7.36. The van der Waals surface area contributed by atoms with E-state index in [2.05, 4.69) is 12.1 Å². The lowest BCUT2D eigenvalue weighted by Gasteiger charge is -2.09. The number of nitrogens with zero attached hydrogens (tertiary/aromatic N) is 1. The molecule has 80 valence electrons. The third kappa shape index (κ3) is 1.82. The molecule has 0 atom stereocenters. The van der Waals surface area contributed by atoms with Crippen LogP contribution < -0.4 is 4.74 Å². The minimum Gasteiger partial charge on any atom is -0.493 e. The van der Waals surface area contributed by atoms with Crippen LogP contribution >= 0.6 is 0 Å². The fraction of sp³-hybridized carbons (Fsp3) is 0.417. The molecule has 1 aromatic rings. The van der Waals surface area contributed by atoms with Gasteiger partial charge in [0.1, 0.15) is 5.75 Å². The van der Waals surface area contributed by atoms with Crippen molar-refractivity contribution in [3.05, 3.63) is 29.3 Å². The molecule has 0 spiro atoms. The summed E-state index contributed by atoms with van der Waals surface area (Å²) >= 11 is 0. The average Bonchev–Trinajstić information content (AvgIpc) is 2.69. The Hall–Kier alpha value is -1.51. The third-order valence-corrected chi connectivity index (χ3v) is 2.64. The second-order valence-electron chi connectivity index (χ2n) is 3.68. The van der Waals surface area contributed by atoms with Gasteiger partial charge in [-0.15, -0.1) is 0 Å². The Bertz CT molecular complexity index is 385. The topological polar surface area (TPSA) is 41.8 Å². The summed E-state index contributed by atoms with van der Waals surface area (Å²) in [6.45, 7) is 2.83. The molecule has 0 aromatic heterocycles. The number of benzene rings is 1. The van der Waals surface area contributed by atoms with E-state index in [0.717, 1.165) is 42.9 Å². The zero-order valence-electron chi connectivity index (χ0n) is 8.86. The van der Waals surface area contributed by atoms with Gasteiger partial charge < -0.3 is 9.94 Å². The fourth-order valence-corrected chi connectivity index (χ4v) is 1.92. The molecule has 0 heterocycles. The minimum absolute atomic E-state index is 0.738. The predicted octanol–water partition coefficient (Wildman–Crippen LogP) is 2.60. The van der Waals surface area contributed by atoms with Gasteiger partial charge in [-0.25, -0.2) is 0 Å². The van der Waals surface area contributed by atoms with Crippen LogP contribution in [0.15, 0.2) is 23.4 Å². The smallest absolute Gasteiger partial charge is 0.123 e. The Morgan fingerprint density at radius 3 is 3.00 bits per heavy atom. The van der Waals surface area contributed by atoms with E-state index < -0.39 is 0 Å². The summed E-state index contributed by atoms with van der Waals surface area (Å²) in [5.74, 6) is 0.938. The molecule has 0 aliphatic heterocycles. The van der Waals surface area contributed by atoms with E-state index in [1.54, 1.807) is 0 Å². The van der Waals surface area contributed by atoms with Crippen molar-refractivity contribution in [1.29, 1.82) is 0 Å². The molecule has 0 saturated heterocycles. The van der Waals surface area contributed by atoms with E-state index in [-0.39, 0.29) is 0 Å². The molecule has 1 aliphatic carbocycles. The molecule has 2 rings (SSSR count). The monoisotopic (exact) mass is 205 g/mol. The summed E-state index contributed by atoms with van der Waals surface area (Å²) in [5, 5.41) is 12.1. The molecule has 3 heteroatoms. The van der Waals surface area contributed by atoms with Crippen LogP contribution in [0.2, 0.25) is 0 Å². The minimum atomic E-state index is 0.738. The van der Waals surface area contributed by atoms with Gasteiger partial charge in [0, 0.05) is 11.1 Å². The van der Waals surface area contributed by atoms with Gasteiger partial charge in [-0.2, -0.15) is 0 Å². The van der Waals surface area contributed by atoms with Gasteiger partial charge in [0.15, 0.2) is 0 Å². The van der Waals surface area contributed by atoms with Crippen LogP contribution in [-0.2, 0) is 6.42 Å². The Balaban J connectivity index is 2.31. The Morgan fingerprint density at radius 1 is 1.40 bits per heavy atom. The van der Waals surface area contributed by atoms with Crippen molar-refractivity contribution in [2.45, 2.75) is 26.2 Å². The molecule has 1 aliphatic rings. The molecule has 0 bridgehead atoms. The lowest BCUT2D eigenvalue weighted by molar-refractivity contribution is 0.314. The van der Waals surface area contributed by atoms with Crippen LogP contribution in [0.25, 0.3) is 0 Å². The standard InChI is InChI=1S/C12H15NO2/c1-2-8-15-12-5-3-4-9-10(12)6-7-11(9)13-14/h3-5,14H,2,6-8H2,1H3/b13-11+. The molecule has 0 fully saturated rings. The molecular weight excluding hydrogens is 190 g/mol. The molecule has 0 unspecified atom stereocenters. The van der Waals surface area contributed by atoms with Crippen molar-refractivity contribution in [2.24, 2.45) is 5.16 Å². The van der Waals surface area contributed by atoms with Gasteiger partial charge in [0.05, 0.1) is 12.3 Å². The van der Waals surface area contributed by atoms with Crippen molar-refractivity contribution in [3.8, 4) is 5.75 Å². The normalized spacial score (nSPS) is 16.7. The number of ether oxygens (including phenoxy) is 1. The molecular formula is C12H15NO2. The summed E-state index contributed by atoms with van der Waals surface area (Å²) in [7, 11) is 0. The summed E-state index contributed by atoms with van der Waals surface area (Å²) < 4.78 is 5.65. The van der Waals surface area contributed by atoms with Gasteiger partial charge in [-0.05, 0) is 25.3 Å². The van der Waals surface area contributed by atoms with Gasteiger partial charge in [0.25, 0.3) is 0 Å². The molecule has 15 heavy (non-hydrogen) atoms. The highest BCUT2D eigenvalue weighted by atomic mass is 16.5. The van der Waals surface area contributed by atoms with Gasteiger partial charge >= 0.3 is 0 Å². The van der Waals surface area contributed by atoms with Crippen molar-refractivity contribution in [2.75, 3.05) is 6.61 Å². The first-order valence-electron chi connectivity index (χ1n) is 5.32. The second kappa shape index (κ2) is 4.34. The zero-order valence-corrected chi connectivity index (χ0v) is 8.86. The lowest BCUT2D eigenvalue weighted by atomic mass is 10.1. The van der Waals surface area contributed by atoms with E-state index in [1.165, 1.54) is 5.56 Å². The van der Waals surface area contributed by atoms with E-state index in [1.807, 2.05) is 18.2 Å². The summed E-state index contributed by atoms with van der Waals surface area (Å²) in [4.78, 5) is 0. The van der Waals surface area contributed by atoms with E-state index in [4.69, 9.17) is 9.94 Å². The van der Waals surface area contributed by atoms with Crippen molar-refractivity contribution >= 4 is 5.71 Å². The molecule has 1 N–H and O–H groups in total. The molecule has 3 nitrogen and oxygen atoms in total. The van der Waals surface area contributed by atoms with Crippen LogP contribution in [0.3, 0.4) is 0 Å². The number of hydrogen-bond donors (Lipinski definition) is 1. The Kier molecular flexibility index (Phi) is 2.90. The maximum Gasteiger partial charge on any atom is 0.123 e. The maximum atomic E-state index is 8.83. The van der Waals surface area contributed by atoms with Gasteiger partial charge in [0.2, 0.25) is 0 Å². The molecule has 0 saturated carbocycles. The van der Waals surface area contributed by atoms with Crippen LogP contribution in [0.5, 0.6) is 5.75 Å². The van der Waals surface area contributed by atoms with Gasteiger partial charge in [-0.3, -0.25) is 0 Å². The summed E-state index contributed by atoms with van der Waals surface area (Å²) in [6, 6.07) is 5.91. The number of rotatable bonds is 3. The highest BCUT2D eigenvalue weighted by Crippen LogP contribution is 2.30. The van der Waals surface area contributed by atoms with Gasteiger partial charge in [-0.1, -0.05) is 24.2 Å². The summed E-state index contributed by atoms with van der Waals surface area (Å²) in [5.41, 5.74) is 2.98. The number of oxime groups is 1. The van der Waals surface area contributed by atoms with E-state index >= 15 is 0 Å². The SMILES string of the molecule is CCCOc1cccc2c1CC/C2=N\O. The number of fused-ring (bicyclic) bond motifs is 1. The number of hydrogen-bond acceptors (Lipinski definition) is 3. The highest BCUT2D eigenvalue weighted by molar-refractivity contribution is 6.04. The van der Waals surface area contributed by atoms with Crippen LogP contribution in [0.1, 0.15) is 30.9 Å². The van der Waals surface area contributed by atoms with Crippen LogP contribution in [0.4, 0.5) is 0 Å². The Morgan fingerprint density at radius 2 is 2.27 bits per heavy atom. The Labute approximate surface area is 89.4 Å². The lowest BCUT2D eigenvalue weighted by Crippen LogP contribution is -1.99. The van der Waals surface area contributed by atoms with Crippen LogP contribution in [0, 0.1) is 0 Å². The fourth-order valence-electron chi connectivity index (χ4n) is 1.92. The predicted molar refractivity (Wildman–Crippen MR) is 58.9 cm³/mol. The largest absolute Gasteiger partial charge is 0.493 e. The molecule has 1 aromatic carbocycles. The first kappa shape index (κ1) is 10.0. The summed E-state index contributed by atoms with van der Waals surface area (Å²) in [6.07, 6.45) is 2.72. The highest BCUT2D eigenvalue weighted by Gasteiger charge is 2.21. The van der Waals surface area contributed by atoms with E-state index in [9.17, 15) is 0 Å². The quantitative estimate of drug-likeness (QED) is 0.608. The van der Waals surface area contributed by atoms with Crippen molar-refractivity contribution in [3.63, 3.8) is 0 Å². The van der Waals surface area contributed by atoms with Crippen LogP contribution in [-0.4, -0.2) is 17.5 Å². The third-order valence-electron chi connectivity index (χ3n) is 2.64. The molecule has 0 radical (unpaired) electrons. The average molecular weight is 205 g/mol. The van der Waals surface area contributed by atoms with E-state index in [0.29, 0.717) is 0 Å². The maximum absolute atomic E-state index is 8.83. The molecule has 0 amide bonds. The van der Waals surface area contributed by atoms with Crippen molar-refractivity contribution < 1.29 is 9.94 Å².